The van der Waals surface area contributed by atoms with Gasteiger partial charge in [0.25, 0.3) is 5.91 Å². The third kappa shape index (κ3) is 3.70. The van der Waals surface area contributed by atoms with Crippen LogP contribution in [-0.4, -0.2) is 29.6 Å². The first-order valence-electron chi connectivity index (χ1n) is 6.18. The predicted octanol–water partition coefficient (Wildman–Crippen LogP) is 2.36. The van der Waals surface area contributed by atoms with Crippen molar-refractivity contribution in [1.29, 1.82) is 0 Å². The first kappa shape index (κ1) is 14.3. The minimum atomic E-state index is -0.172. The molecule has 4 heteroatoms. The van der Waals surface area contributed by atoms with Gasteiger partial charge in [-0.15, -0.1) is 11.3 Å². The van der Waals surface area contributed by atoms with Crippen LogP contribution in [-0.2, 0) is 6.54 Å². The summed E-state index contributed by atoms with van der Waals surface area (Å²) in [5.41, 5.74) is 1.73. The first-order valence-corrected chi connectivity index (χ1v) is 7.06. The lowest BCUT2D eigenvalue weighted by Gasteiger charge is -2.16. The van der Waals surface area contributed by atoms with Crippen molar-refractivity contribution >= 4 is 17.2 Å². The van der Waals surface area contributed by atoms with E-state index < -0.39 is 0 Å². The van der Waals surface area contributed by atoms with Crippen LogP contribution in [0.15, 0.2) is 41.8 Å². The second kappa shape index (κ2) is 6.90. The van der Waals surface area contributed by atoms with Gasteiger partial charge >= 0.3 is 0 Å². The van der Waals surface area contributed by atoms with Crippen LogP contribution in [0.5, 0.6) is 0 Å². The average Bonchev–Trinajstić information content (AvgIpc) is 2.94. The standard InChI is InChI=1S/C16H15NO2S/c1-17(11-13-6-3-2-4-7-13)16(19)14-10-15(20-12-14)8-5-9-18/h2-4,6-7,10,12,18H,9,11H2,1H3. The molecule has 0 bridgehead atoms. The molecule has 2 rings (SSSR count). The number of carbonyl (C=O) groups excluding carboxylic acids is 1. The van der Waals surface area contributed by atoms with Crippen LogP contribution in [0.1, 0.15) is 20.8 Å². The number of nitrogens with zero attached hydrogens (tertiary/aromatic N) is 1. The van der Waals surface area contributed by atoms with E-state index in [0.717, 1.165) is 10.4 Å². The van der Waals surface area contributed by atoms with Crippen LogP contribution in [0.3, 0.4) is 0 Å². The van der Waals surface area contributed by atoms with Crippen molar-refractivity contribution in [1.82, 2.24) is 4.90 Å². The highest BCUT2D eigenvalue weighted by Gasteiger charge is 2.13. The van der Waals surface area contributed by atoms with Gasteiger partial charge in [-0.25, -0.2) is 0 Å². The molecule has 0 aliphatic rings. The van der Waals surface area contributed by atoms with Gasteiger partial charge in [0.1, 0.15) is 6.61 Å². The Kier molecular flexibility index (Phi) is 4.94. The molecular weight excluding hydrogens is 270 g/mol. The topological polar surface area (TPSA) is 40.5 Å². The number of hydrogen-bond acceptors (Lipinski definition) is 3. The van der Waals surface area contributed by atoms with E-state index in [1.165, 1.54) is 11.3 Å². The van der Waals surface area contributed by atoms with E-state index in [1.54, 1.807) is 23.4 Å². The van der Waals surface area contributed by atoms with Crippen molar-refractivity contribution in [3.05, 3.63) is 57.8 Å². The first-order chi connectivity index (χ1) is 9.70. The Labute approximate surface area is 122 Å². The summed E-state index contributed by atoms with van der Waals surface area (Å²) in [7, 11) is 1.78. The maximum atomic E-state index is 12.3. The van der Waals surface area contributed by atoms with Crippen molar-refractivity contribution in [2.75, 3.05) is 13.7 Å². The summed E-state index contributed by atoms with van der Waals surface area (Å²) in [6.45, 7) is 0.405. The lowest BCUT2D eigenvalue weighted by molar-refractivity contribution is 0.0785. The van der Waals surface area contributed by atoms with E-state index in [-0.39, 0.29) is 12.5 Å². The molecule has 0 spiro atoms. The number of hydrogen-bond donors (Lipinski definition) is 1. The third-order valence-electron chi connectivity index (χ3n) is 2.75. The van der Waals surface area contributed by atoms with Crippen LogP contribution >= 0.6 is 11.3 Å². The van der Waals surface area contributed by atoms with Gasteiger partial charge in [-0.2, -0.15) is 0 Å². The van der Waals surface area contributed by atoms with E-state index in [9.17, 15) is 4.79 Å². The highest BCUT2D eigenvalue weighted by Crippen LogP contribution is 2.16. The van der Waals surface area contributed by atoms with Crippen molar-refractivity contribution in [3.8, 4) is 11.8 Å². The summed E-state index contributed by atoms with van der Waals surface area (Å²) in [5.74, 6) is 5.36. The molecule has 0 saturated heterocycles. The Morgan fingerprint density at radius 3 is 2.80 bits per heavy atom. The van der Waals surface area contributed by atoms with Crippen LogP contribution in [0.25, 0.3) is 0 Å². The molecule has 102 valence electrons. The Hall–Kier alpha value is -2.09. The Balaban J connectivity index is 2.05. The van der Waals surface area contributed by atoms with Gasteiger partial charge in [0, 0.05) is 19.0 Å². The quantitative estimate of drug-likeness (QED) is 0.880. The fourth-order valence-electron chi connectivity index (χ4n) is 1.79. The summed E-state index contributed by atoms with van der Waals surface area (Å²) in [6.07, 6.45) is 0. The molecule has 0 fully saturated rings. The molecule has 0 aliphatic carbocycles. The number of carbonyl (C=O) groups is 1. The van der Waals surface area contributed by atoms with E-state index >= 15 is 0 Å². The largest absolute Gasteiger partial charge is 0.384 e. The molecule has 1 aromatic carbocycles. The lowest BCUT2D eigenvalue weighted by Crippen LogP contribution is -2.25. The molecule has 1 amide bonds. The van der Waals surface area contributed by atoms with Crippen molar-refractivity contribution in [3.63, 3.8) is 0 Å². The molecule has 1 aromatic heterocycles. The summed E-state index contributed by atoms with van der Waals surface area (Å²) in [6, 6.07) is 11.6. The van der Waals surface area contributed by atoms with Gasteiger partial charge in [-0.1, -0.05) is 42.2 Å². The second-order valence-corrected chi connectivity index (χ2v) is 5.22. The molecule has 0 radical (unpaired) electrons. The summed E-state index contributed by atoms with van der Waals surface area (Å²) < 4.78 is 0. The molecule has 0 saturated carbocycles. The van der Waals surface area contributed by atoms with Crippen LogP contribution < -0.4 is 0 Å². The number of aliphatic hydroxyl groups is 1. The van der Waals surface area contributed by atoms with Gasteiger partial charge in [0.2, 0.25) is 0 Å². The van der Waals surface area contributed by atoms with Gasteiger partial charge in [0.15, 0.2) is 0 Å². The van der Waals surface area contributed by atoms with Crippen LogP contribution in [0, 0.1) is 11.8 Å². The zero-order chi connectivity index (χ0) is 14.4. The fraction of sp³-hybridized carbons (Fsp3) is 0.188. The predicted molar refractivity (Wildman–Crippen MR) is 80.5 cm³/mol. The Morgan fingerprint density at radius 2 is 2.10 bits per heavy atom. The van der Waals surface area contributed by atoms with E-state index in [1.807, 2.05) is 30.3 Å². The van der Waals surface area contributed by atoms with Crippen molar-refractivity contribution in [2.24, 2.45) is 0 Å². The van der Waals surface area contributed by atoms with E-state index in [2.05, 4.69) is 11.8 Å². The monoisotopic (exact) mass is 285 g/mol. The number of thiophene rings is 1. The minimum Gasteiger partial charge on any atom is -0.384 e. The van der Waals surface area contributed by atoms with Gasteiger partial charge in [-0.05, 0) is 11.6 Å². The summed E-state index contributed by atoms with van der Waals surface area (Å²) in [4.78, 5) is 14.7. The minimum absolute atomic E-state index is 0.0258. The molecule has 1 N–H and O–H groups in total. The fourth-order valence-corrected chi connectivity index (χ4v) is 2.54. The Morgan fingerprint density at radius 1 is 1.35 bits per heavy atom. The molecule has 20 heavy (non-hydrogen) atoms. The average molecular weight is 285 g/mol. The van der Waals surface area contributed by atoms with Gasteiger partial charge in [-0.3, -0.25) is 4.79 Å². The van der Waals surface area contributed by atoms with E-state index in [0.29, 0.717) is 12.1 Å². The maximum Gasteiger partial charge on any atom is 0.254 e. The van der Waals surface area contributed by atoms with Crippen molar-refractivity contribution < 1.29 is 9.90 Å². The SMILES string of the molecule is CN(Cc1ccccc1)C(=O)c1csc(C#CCO)c1. The number of benzene rings is 1. The highest BCUT2D eigenvalue weighted by atomic mass is 32.1. The molecular formula is C16H15NO2S. The normalized spacial score (nSPS) is 9.70. The summed E-state index contributed by atoms with van der Waals surface area (Å²) in [5, 5.41) is 10.4. The molecule has 2 aromatic rings. The van der Waals surface area contributed by atoms with Gasteiger partial charge < -0.3 is 10.0 Å². The second-order valence-electron chi connectivity index (χ2n) is 4.31. The number of rotatable bonds is 3. The number of aliphatic hydroxyl groups excluding tert-OH is 1. The Bertz CT molecular complexity index is 637. The van der Waals surface area contributed by atoms with Crippen LogP contribution in [0.2, 0.25) is 0 Å². The molecule has 0 atom stereocenters. The zero-order valence-corrected chi connectivity index (χ0v) is 12.0. The third-order valence-corrected chi connectivity index (χ3v) is 3.59. The molecule has 0 aliphatic heterocycles. The van der Waals surface area contributed by atoms with E-state index in [4.69, 9.17) is 5.11 Å². The van der Waals surface area contributed by atoms with Gasteiger partial charge in [0.05, 0.1) is 10.4 Å². The molecule has 3 nitrogen and oxygen atoms in total. The number of amides is 1. The van der Waals surface area contributed by atoms with Crippen molar-refractivity contribution in [2.45, 2.75) is 6.54 Å². The summed E-state index contributed by atoms with van der Waals surface area (Å²) >= 11 is 1.41. The molecule has 1 heterocycles. The zero-order valence-electron chi connectivity index (χ0n) is 11.2. The maximum absolute atomic E-state index is 12.3. The van der Waals surface area contributed by atoms with Crippen LogP contribution in [0.4, 0.5) is 0 Å². The highest BCUT2D eigenvalue weighted by molar-refractivity contribution is 7.10. The smallest absolute Gasteiger partial charge is 0.254 e. The molecule has 0 unspecified atom stereocenters. The lowest BCUT2D eigenvalue weighted by atomic mass is 10.2.